The Labute approximate surface area is 179 Å². The third-order valence-corrected chi connectivity index (χ3v) is 6.58. The Morgan fingerprint density at radius 3 is 2.57 bits per heavy atom. The lowest BCUT2D eigenvalue weighted by atomic mass is 9.95. The number of morpholine rings is 1. The molecule has 2 aliphatic heterocycles. The molecule has 1 saturated carbocycles. The number of piperidine rings is 1. The maximum absolute atomic E-state index is 12.5. The molecule has 3 aliphatic rings. The second kappa shape index (κ2) is 9.43. The number of carbonyl (C=O) groups is 2. The SMILES string of the molecule is Cc1ccc(C(=O)NCC2CN(CC3CCN(CC4CC4)CC3)C(=O)CO2)c(C)n1. The maximum atomic E-state index is 12.5. The minimum Gasteiger partial charge on any atom is -0.365 e. The summed E-state index contributed by atoms with van der Waals surface area (Å²) in [7, 11) is 0. The molecular formula is C23H34N4O3. The summed E-state index contributed by atoms with van der Waals surface area (Å²) >= 11 is 0. The van der Waals surface area contributed by atoms with E-state index >= 15 is 0 Å². The Kier molecular flexibility index (Phi) is 6.68. The van der Waals surface area contributed by atoms with Gasteiger partial charge in [0.25, 0.3) is 5.91 Å². The Morgan fingerprint density at radius 1 is 1.13 bits per heavy atom. The molecule has 0 aromatic carbocycles. The molecular weight excluding hydrogens is 380 g/mol. The van der Waals surface area contributed by atoms with Gasteiger partial charge in [0.15, 0.2) is 0 Å². The van der Waals surface area contributed by atoms with Gasteiger partial charge in [0, 0.05) is 31.9 Å². The van der Waals surface area contributed by atoms with Gasteiger partial charge in [-0.3, -0.25) is 14.6 Å². The number of carbonyl (C=O) groups excluding carboxylic acids is 2. The minimum absolute atomic E-state index is 0.0663. The summed E-state index contributed by atoms with van der Waals surface area (Å²) in [5.74, 6) is 1.43. The predicted molar refractivity (Wildman–Crippen MR) is 114 cm³/mol. The van der Waals surface area contributed by atoms with Crippen molar-refractivity contribution < 1.29 is 14.3 Å². The van der Waals surface area contributed by atoms with E-state index in [9.17, 15) is 9.59 Å². The molecule has 1 unspecified atom stereocenters. The van der Waals surface area contributed by atoms with Crippen molar-refractivity contribution in [3.05, 3.63) is 29.1 Å². The molecule has 0 spiro atoms. The van der Waals surface area contributed by atoms with Gasteiger partial charge in [-0.2, -0.15) is 0 Å². The lowest BCUT2D eigenvalue weighted by Crippen LogP contribution is -2.52. The zero-order valence-corrected chi connectivity index (χ0v) is 18.2. The van der Waals surface area contributed by atoms with Crippen LogP contribution in [0.1, 0.15) is 47.4 Å². The summed E-state index contributed by atoms with van der Waals surface area (Å²) in [6.07, 6.45) is 4.97. The van der Waals surface area contributed by atoms with Gasteiger partial charge >= 0.3 is 0 Å². The lowest BCUT2D eigenvalue weighted by Gasteiger charge is -2.38. The molecule has 0 bridgehead atoms. The zero-order chi connectivity index (χ0) is 21.1. The van der Waals surface area contributed by atoms with E-state index in [0.29, 0.717) is 24.6 Å². The second-order valence-corrected chi connectivity index (χ2v) is 9.21. The van der Waals surface area contributed by atoms with Crippen LogP contribution in [0.25, 0.3) is 0 Å². The number of ether oxygens (including phenoxy) is 1. The van der Waals surface area contributed by atoms with Crippen LogP contribution in [-0.4, -0.2) is 78.6 Å². The molecule has 2 saturated heterocycles. The van der Waals surface area contributed by atoms with Gasteiger partial charge in [-0.15, -0.1) is 0 Å². The average molecular weight is 415 g/mol. The number of nitrogens with zero attached hydrogens (tertiary/aromatic N) is 3. The number of nitrogens with one attached hydrogen (secondary N) is 1. The summed E-state index contributed by atoms with van der Waals surface area (Å²) in [5, 5.41) is 2.95. The van der Waals surface area contributed by atoms with E-state index in [4.69, 9.17) is 4.74 Å². The molecule has 30 heavy (non-hydrogen) atoms. The Balaban J connectivity index is 1.23. The van der Waals surface area contributed by atoms with Crippen molar-refractivity contribution in [1.82, 2.24) is 20.1 Å². The molecule has 2 amide bonds. The van der Waals surface area contributed by atoms with Crippen LogP contribution < -0.4 is 5.32 Å². The first-order valence-corrected chi connectivity index (χ1v) is 11.3. The zero-order valence-electron chi connectivity index (χ0n) is 18.2. The molecule has 7 nitrogen and oxygen atoms in total. The molecule has 164 valence electrons. The molecule has 1 aromatic rings. The third-order valence-electron chi connectivity index (χ3n) is 6.58. The van der Waals surface area contributed by atoms with Gasteiger partial charge in [0.2, 0.25) is 5.91 Å². The van der Waals surface area contributed by atoms with Crippen LogP contribution in [0, 0.1) is 25.7 Å². The van der Waals surface area contributed by atoms with Gasteiger partial charge in [-0.1, -0.05) is 0 Å². The highest BCUT2D eigenvalue weighted by Gasteiger charge is 2.31. The van der Waals surface area contributed by atoms with Crippen molar-refractivity contribution in [3.8, 4) is 0 Å². The highest BCUT2D eigenvalue weighted by molar-refractivity contribution is 5.95. The van der Waals surface area contributed by atoms with Gasteiger partial charge in [-0.25, -0.2) is 0 Å². The Morgan fingerprint density at radius 2 is 1.87 bits per heavy atom. The molecule has 1 atom stereocenters. The number of hydrogen-bond acceptors (Lipinski definition) is 5. The summed E-state index contributed by atoms with van der Waals surface area (Å²) in [4.78, 5) is 33.8. The standard InChI is InChI=1S/C23H34N4O3/c1-16-3-6-21(17(2)25-16)23(29)24-11-20-14-27(22(28)15-30-20)13-19-7-9-26(10-8-19)12-18-4-5-18/h3,6,18-20H,4-5,7-15H2,1-2H3,(H,24,29). The number of amides is 2. The van der Waals surface area contributed by atoms with Gasteiger partial charge in [0.05, 0.1) is 17.4 Å². The van der Waals surface area contributed by atoms with Crippen molar-refractivity contribution in [1.29, 1.82) is 0 Å². The van der Waals surface area contributed by atoms with E-state index in [1.165, 1.54) is 32.2 Å². The van der Waals surface area contributed by atoms with Crippen LogP contribution in [0.15, 0.2) is 12.1 Å². The van der Waals surface area contributed by atoms with Crippen LogP contribution in [0.4, 0.5) is 0 Å². The normalized spacial score (nSPS) is 23.6. The van der Waals surface area contributed by atoms with Crippen molar-refractivity contribution in [2.24, 2.45) is 11.8 Å². The molecule has 0 radical (unpaired) electrons. The first kappa shape index (κ1) is 21.2. The molecule has 4 rings (SSSR count). The predicted octanol–water partition coefficient (Wildman–Crippen LogP) is 1.78. The van der Waals surface area contributed by atoms with E-state index in [2.05, 4.69) is 15.2 Å². The smallest absolute Gasteiger partial charge is 0.253 e. The highest BCUT2D eigenvalue weighted by Crippen LogP contribution is 2.31. The molecule has 1 aromatic heterocycles. The van der Waals surface area contributed by atoms with Gasteiger partial charge in [-0.05, 0) is 76.6 Å². The van der Waals surface area contributed by atoms with E-state index in [-0.39, 0.29) is 24.5 Å². The monoisotopic (exact) mass is 414 g/mol. The molecule has 3 heterocycles. The fourth-order valence-corrected chi connectivity index (χ4v) is 4.54. The highest BCUT2D eigenvalue weighted by atomic mass is 16.5. The van der Waals surface area contributed by atoms with Crippen molar-refractivity contribution in [2.75, 3.05) is 45.9 Å². The van der Waals surface area contributed by atoms with E-state index in [1.807, 2.05) is 24.8 Å². The van der Waals surface area contributed by atoms with Crippen molar-refractivity contribution in [3.63, 3.8) is 0 Å². The average Bonchev–Trinajstić information content (AvgIpc) is 3.54. The summed E-state index contributed by atoms with van der Waals surface area (Å²) in [5.41, 5.74) is 2.20. The number of pyridine rings is 1. The second-order valence-electron chi connectivity index (χ2n) is 9.21. The number of hydrogen-bond donors (Lipinski definition) is 1. The van der Waals surface area contributed by atoms with Crippen LogP contribution in [0.5, 0.6) is 0 Å². The molecule has 7 heteroatoms. The quantitative estimate of drug-likeness (QED) is 0.736. The van der Waals surface area contributed by atoms with Crippen LogP contribution in [0.3, 0.4) is 0 Å². The summed E-state index contributed by atoms with van der Waals surface area (Å²) in [6.45, 7) is 9.19. The van der Waals surface area contributed by atoms with Crippen molar-refractivity contribution in [2.45, 2.75) is 45.6 Å². The fraction of sp³-hybridized carbons (Fsp3) is 0.696. The van der Waals surface area contributed by atoms with E-state index < -0.39 is 0 Å². The number of likely N-dealkylation sites (tertiary alicyclic amines) is 1. The van der Waals surface area contributed by atoms with Gasteiger partial charge < -0.3 is 19.9 Å². The molecule has 1 aliphatic carbocycles. The topological polar surface area (TPSA) is 74.8 Å². The van der Waals surface area contributed by atoms with E-state index in [0.717, 1.165) is 36.9 Å². The number of rotatable bonds is 7. The van der Waals surface area contributed by atoms with Crippen LogP contribution in [-0.2, 0) is 9.53 Å². The van der Waals surface area contributed by atoms with E-state index in [1.54, 1.807) is 6.07 Å². The maximum Gasteiger partial charge on any atom is 0.253 e. The fourth-order valence-electron chi connectivity index (χ4n) is 4.54. The Bertz CT molecular complexity index is 772. The molecule has 1 N–H and O–H groups in total. The van der Waals surface area contributed by atoms with Crippen LogP contribution >= 0.6 is 0 Å². The number of aromatic nitrogens is 1. The first-order chi connectivity index (χ1) is 14.5. The largest absolute Gasteiger partial charge is 0.365 e. The molecule has 3 fully saturated rings. The summed E-state index contributed by atoms with van der Waals surface area (Å²) in [6, 6.07) is 3.65. The lowest BCUT2D eigenvalue weighted by molar-refractivity contribution is -0.149. The Hall–Kier alpha value is -1.99. The van der Waals surface area contributed by atoms with Crippen LogP contribution in [0.2, 0.25) is 0 Å². The minimum atomic E-state index is -0.166. The number of aryl methyl sites for hydroxylation is 2. The van der Waals surface area contributed by atoms with Crippen molar-refractivity contribution >= 4 is 11.8 Å². The third kappa shape index (κ3) is 5.58. The first-order valence-electron chi connectivity index (χ1n) is 11.3. The summed E-state index contributed by atoms with van der Waals surface area (Å²) < 4.78 is 5.68. The van der Waals surface area contributed by atoms with Gasteiger partial charge in [0.1, 0.15) is 6.61 Å².